The van der Waals surface area contributed by atoms with Gasteiger partial charge < -0.3 is 10.1 Å². The molecule has 2 nitrogen and oxygen atoms in total. The van der Waals surface area contributed by atoms with Crippen LogP contribution < -0.4 is 10.1 Å². The van der Waals surface area contributed by atoms with Crippen LogP contribution in [0.2, 0.25) is 5.02 Å². The molecule has 0 aliphatic carbocycles. The molecule has 1 atom stereocenters. The van der Waals surface area contributed by atoms with Crippen LogP contribution in [0.25, 0.3) is 0 Å². The second kappa shape index (κ2) is 7.58. The molecule has 0 spiro atoms. The Bertz CT molecular complexity index is 562. The lowest BCUT2D eigenvalue weighted by molar-refractivity contribution is 0.413. The molecule has 0 amide bonds. The van der Waals surface area contributed by atoms with Crippen molar-refractivity contribution in [3.05, 3.63) is 59.1 Å². The third kappa shape index (κ3) is 4.17. The van der Waals surface area contributed by atoms with Gasteiger partial charge in [-0.05, 0) is 42.9 Å². The average molecular weight is 308 g/mol. The minimum absolute atomic E-state index is 0.272. The van der Waals surface area contributed by atoms with Crippen molar-refractivity contribution in [2.45, 2.75) is 10.9 Å². The van der Waals surface area contributed by atoms with E-state index in [1.54, 1.807) is 18.9 Å². The number of hydrogen-bond donors (Lipinski definition) is 1. The van der Waals surface area contributed by atoms with Crippen LogP contribution in [0.4, 0.5) is 0 Å². The largest absolute Gasteiger partial charge is 0.497 e. The first-order valence-corrected chi connectivity index (χ1v) is 7.79. The molecule has 0 saturated carbocycles. The predicted molar refractivity (Wildman–Crippen MR) is 87.0 cm³/mol. The number of thioether (sulfide) groups is 1. The zero-order valence-electron chi connectivity index (χ0n) is 11.6. The van der Waals surface area contributed by atoms with Crippen molar-refractivity contribution in [1.29, 1.82) is 0 Å². The molecule has 0 fully saturated rings. The fourth-order valence-electron chi connectivity index (χ4n) is 1.94. The molecular weight excluding hydrogens is 290 g/mol. The highest BCUT2D eigenvalue weighted by Gasteiger charge is 2.10. The van der Waals surface area contributed by atoms with Crippen LogP contribution in [0, 0.1) is 0 Å². The summed E-state index contributed by atoms with van der Waals surface area (Å²) in [5, 5.41) is 4.12. The summed E-state index contributed by atoms with van der Waals surface area (Å²) in [7, 11) is 3.66. The van der Waals surface area contributed by atoms with Gasteiger partial charge in [0.15, 0.2) is 0 Å². The normalized spacial score (nSPS) is 12.2. The lowest BCUT2D eigenvalue weighted by Crippen LogP contribution is -2.18. The zero-order valence-corrected chi connectivity index (χ0v) is 13.2. The van der Waals surface area contributed by atoms with Crippen LogP contribution in [-0.2, 0) is 0 Å². The molecule has 0 aliphatic heterocycles. The quantitative estimate of drug-likeness (QED) is 0.799. The van der Waals surface area contributed by atoms with Gasteiger partial charge in [-0.15, -0.1) is 11.8 Å². The molecule has 0 bridgehead atoms. The van der Waals surface area contributed by atoms with E-state index in [1.165, 1.54) is 10.5 Å². The Morgan fingerprint density at radius 1 is 1.20 bits per heavy atom. The van der Waals surface area contributed by atoms with Gasteiger partial charge in [0.1, 0.15) is 5.75 Å². The van der Waals surface area contributed by atoms with Crippen molar-refractivity contribution in [1.82, 2.24) is 5.32 Å². The number of halogens is 1. The molecule has 1 N–H and O–H groups in total. The standard InChI is InChI=1S/C16H18ClNOS/c1-18-16(12-5-3-7-14(9-12)19-2)11-20-15-8-4-6-13(17)10-15/h3-10,16,18H,11H2,1-2H3. The van der Waals surface area contributed by atoms with E-state index in [1.807, 2.05) is 37.4 Å². The Balaban J connectivity index is 2.05. The summed E-state index contributed by atoms with van der Waals surface area (Å²) in [6.07, 6.45) is 0. The number of ether oxygens (including phenoxy) is 1. The smallest absolute Gasteiger partial charge is 0.119 e. The van der Waals surface area contributed by atoms with Crippen molar-refractivity contribution >= 4 is 23.4 Å². The Labute approximate surface area is 129 Å². The predicted octanol–water partition coefficient (Wildman–Crippen LogP) is 4.40. The van der Waals surface area contributed by atoms with Crippen molar-refractivity contribution in [3.8, 4) is 5.75 Å². The van der Waals surface area contributed by atoms with Crippen molar-refractivity contribution < 1.29 is 4.74 Å². The highest BCUT2D eigenvalue weighted by molar-refractivity contribution is 7.99. The highest BCUT2D eigenvalue weighted by atomic mass is 35.5. The summed E-state index contributed by atoms with van der Waals surface area (Å²) in [6.45, 7) is 0. The monoisotopic (exact) mass is 307 g/mol. The van der Waals surface area contributed by atoms with Gasteiger partial charge in [0.05, 0.1) is 7.11 Å². The molecule has 0 heterocycles. The van der Waals surface area contributed by atoms with E-state index in [9.17, 15) is 0 Å². The molecule has 0 aromatic heterocycles. The highest BCUT2D eigenvalue weighted by Crippen LogP contribution is 2.27. The van der Waals surface area contributed by atoms with Crippen LogP contribution in [-0.4, -0.2) is 19.9 Å². The van der Waals surface area contributed by atoms with E-state index in [4.69, 9.17) is 16.3 Å². The maximum atomic E-state index is 6.01. The van der Waals surface area contributed by atoms with Gasteiger partial charge in [-0.2, -0.15) is 0 Å². The Morgan fingerprint density at radius 2 is 2.00 bits per heavy atom. The first-order valence-electron chi connectivity index (χ1n) is 6.42. The molecule has 2 aromatic carbocycles. The van der Waals surface area contributed by atoms with Crippen molar-refractivity contribution in [2.75, 3.05) is 19.9 Å². The van der Waals surface area contributed by atoms with Gasteiger partial charge in [0.25, 0.3) is 0 Å². The fourth-order valence-corrected chi connectivity index (χ4v) is 3.30. The van der Waals surface area contributed by atoms with Gasteiger partial charge in [-0.3, -0.25) is 0 Å². The Kier molecular flexibility index (Phi) is 5.77. The molecule has 2 aromatic rings. The number of nitrogens with one attached hydrogen (secondary N) is 1. The maximum absolute atomic E-state index is 6.01. The Morgan fingerprint density at radius 3 is 2.70 bits per heavy atom. The van der Waals surface area contributed by atoms with Gasteiger partial charge in [0, 0.05) is 21.7 Å². The number of hydrogen-bond acceptors (Lipinski definition) is 3. The van der Waals surface area contributed by atoms with Gasteiger partial charge in [0.2, 0.25) is 0 Å². The minimum atomic E-state index is 0.272. The summed E-state index contributed by atoms with van der Waals surface area (Å²) in [6, 6.07) is 16.4. The molecule has 0 saturated heterocycles. The van der Waals surface area contributed by atoms with Crippen LogP contribution in [0.15, 0.2) is 53.4 Å². The SMILES string of the molecule is CNC(CSc1cccc(Cl)c1)c1cccc(OC)c1. The van der Waals surface area contributed by atoms with E-state index in [2.05, 4.69) is 23.5 Å². The molecular formula is C16H18ClNOS. The molecule has 2 rings (SSSR count). The van der Waals surface area contributed by atoms with E-state index in [-0.39, 0.29) is 6.04 Å². The van der Waals surface area contributed by atoms with Crippen molar-refractivity contribution in [2.24, 2.45) is 0 Å². The molecule has 20 heavy (non-hydrogen) atoms. The summed E-state index contributed by atoms with van der Waals surface area (Å²) in [4.78, 5) is 1.18. The number of benzene rings is 2. The molecule has 4 heteroatoms. The van der Waals surface area contributed by atoms with Gasteiger partial charge in [-0.25, -0.2) is 0 Å². The van der Waals surface area contributed by atoms with Crippen molar-refractivity contribution in [3.63, 3.8) is 0 Å². The van der Waals surface area contributed by atoms with Crippen LogP contribution in [0.3, 0.4) is 0 Å². The van der Waals surface area contributed by atoms with Crippen LogP contribution >= 0.6 is 23.4 Å². The third-order valence-electron chi connectivity index (χ3n) is 3.06. The van der Waals surface area contributed by atoms with Crippen LogP contribution in [0.1, 0.15) is 11.6 Å². The summed E-state index contributed by atoms with van der Waals surface area (Å²) in [5.74, 6) is 1.82. The maximum Gasteiger partial charge on any atom is 0.119 e. The third-order valence-corrected chi connectivity index (χ3v) is 4.38. The topological polar surface area (TPSA) is 21.3 Å². The van der Waals surface area contributed by atoms with Gasteiger partial charge in [-0.1, -0.05) is 29.8 Å². The summed E-state index contributed by atoms with van der Waals surface area (Å²) >= 11 is 7.79. The first-order chi connectivity index (χ1) is 9.72. The lowest BCUT2D eigenvalue weighted by Gasteiger charge is -2.17. The Hall–Kier alpha value is -1.16. The first kappa shape index (κ1) is 15.2. The molecule has 0 radical (unpaired) electrons. The molecule has 0 aliphatic rings. The lowest BCUT2D eigenvalue weighted by atomic mass is 10.1. The molecule has 106 valence electrons. The van der Waals surface area contributed by atoms with E-state index >= 15 is 0 Å². The van der Waals surface area contributed by atoms with E-state index < -0.39 is 0 Å². The minimum Gasteiger partial charge on any atom is -0.497 e. The number of methoxy groups -OCH3 is 1. The zero-order chi connectivity index (χ0) is 14.4. The summed E-state index contributed by atoms with van der Waals surface area (Å²) in [5.41, 5.74) is 1.22. The second-order valence-corrected chi connectivity index (χ2v) is 5.92. The average Bonchev–Trinajstić information content (AvgIpc) is 2.48. The van der Waals surface area contributed by atoms with Crippen LogP contribution in [0.5, 0.6) is 5.75 Å². The second-order valence-electron chi connectivity index (χ2n) is 4.39. The summed E-state index contributed by atoms with van der Waals surface area (Å²) < 4.78 is 5.28. The molecule has 1 unspecified atom stereocenters. The van der Waals surface area contributed by atoms with E-state index in [0.29, 0.717) is 0 Å². The number of rotatable bonds is 6. The van der Waals surface area contributed by atoms with Gasteiger partial charge >= 0.3 is 0 Å². The fraction of sp³-hybridized carbons (Fsp3) is 0.250. The van der Waals surface area contributed by atoms with E-state index in [0.717, 1.165) is 16.5 Å².